The SMILES string of the molecule is Cc1ccc2c(c1)Oc1ccccc1C(N1CCCN(S(=O)(=O)c3ccccc3)CC1)=N2. The van der Waals surface area contributed by atoms with Crippen molar-refractivity contribution in [2.45, 2.75) is 18.2 Å². The number of aliphatic imine (C=N–C) groups is 1. The van der Waals surface area contributed by atoms with E-state index < -0.39 is 10.0 Å². The molecular weight excluding hydrogens is 422 g/mol. The van der Waals surface area contributed by atoms with Crippen LogP contribution >= 0.6 is 0 Å². The molecule has 0 unspecified atom stereocenters. The zero-order chi connectivity index (χ0) is 22.1. The fourth-order valence-corrected chi connectivity index (χ4v) is 5.65. The maximum Gasteiger partial charge on any atom is 0.243 e. The van der Waals surface area contributed by atoms with Crippen molar-refractivity contribution in [3.05, 3.63) is 83.9 Å². The van der Waals surface area contributed by atoms with Gasteiger partial charge >= 0.3 is 0 Å². The van der Waals surface area contributed by atoms with Crippen molar-refractivity contribution in [3.8, 4) is 11.5 Å². The van der Waals surface area contributed by atoms with Gasteiger partial charge in [-0.25, -0.2) is 13.4 Å². The van der Waals surface area contributed by atoms with E-state index in [0.717, 1.165) is 47.1 Å². The molecule has 1 saturated heterocycles. The van der Waals surface area contributed by atoms with E-state index in [1.54, 1.807) is 28.6 Å². The zero-order valence-corrected chi connectivity index (χ0v) is 18.8. The third-order valence-corrected chi connectivity index (χ3v) is 7.74. The summed E-state index contributed by atoms with van der Waals surface area (Å²) in [6.07, 6.45) is 0.717. The molecule has 0 N–H and O–H groups in total. The van der Waals surface area contributed by atoms with Crippen LogP contribution in [0.1, 0.15) is 17.5 Å². The first-order valence-electron chi connectivity index (χ1n) is 10.8. The van der Waals surface area contributed by atoms with Gasteiger partial charge in [0.1, 0.15) is 17.3 Å². The maximum atomic E-state index is 13.1. The molecule has 32 heavy (non-hydrogen) atoms. The summed E-state index contributed by atoms with van der Waals surface area (Å²) in [4.78, 5) is 7.50. The molecule has 0 aromatic heterocycles. The average molecular weight is 448 g/mol. The predicted octanol–water partition coefficient (Wildman–Crippen LogP) is 4.58. The van der Waals surface area contributed by atoms with Crippen molar-refractivity contribution >= 4 is 21.5 Å². The van der Waals surface area contributed by atoms with Gasteiger partial charge in [0.15, 0.2) is 5.75 Å². The molecule has 0 amide bonds. The minimum absolute atomic E-state index is 0.336. The van der Waals surface area contributed by atoms with Crippen molar-refractivity contribution in [2.75, 3.05) is 26.2 Å². The van der Waals surface area contributed by atoms with E-state index in [1.165, 1.54) is 0 Å². The Labute approximate surface area is 188 Å². The standard InChI is InChI=1S/C25H25N3O3S/c1-19-12-13-22-24(18-19)31-23-11-6-5-10-21(23)25(26-22)27-14-7-15-28(17-16-27)32(29,30)20-8-3-2-4-9-20/h2-6,8-13,18H,7,14-17H2,1H3. The Morgan fingerprint density at radius 1 is 0.844 bits per heavy atom. The van der Waals surface area contributed by atoms with Crippen LogP contribution in [0.2, 0.25) is 0 Å². The van der Waals surface area contributed by atoms with E-state index in [9.17, 15) is 8.42 Å². The number of hydrogen-bond acceptors (Lipinski definition) is 5. The van der Waals surface area contributed by atoms with Crippen molar-refractivity contribution < 1.29 is 13.2 Å². The quantitative estimate of drug-likeness (QED) is 0.577. The van der Waals surface area contributed by atoms with E-state index in [1.807, 2.05) is 55.5 Å². The molecule has 3 aromatic carbocycles. The average Bonchev–Trinajstić information content (AvgIpc) is 3.14. The van der Waals surface area contributed by atoms with E-state index in [-0.39, 0.29) is 0 Å². The van der Waals surface area contributed by atoms with E-state index >= 15 is 0 Å². The number of para-hydroxylation sites is 1. The first-order valence-corrected chi connectivity index (χ1v) is 12.2. The molecule has 1 fully saturated rings. The van der Waals surface area contributed by atoms with Crippen molar-refractivity contribution in [3.63, 3.8) is 0 Å². The highest BCUT2D eigenvalue weighted by atomic mass is 32.2. The van der Waals surface area contributed by atoms with E-state index in [2.05, 4.69) is 4.90 Å². The second kappa shape index (κ2) is 8.41. The van der Waals surface area contributed by atoms with Gasteiger partial charge in [-0.2, -0.15) is 4.31 Å². The van der Waals surface area contributed by atoms with Gasteiger partial charge in [-0.3, -0.25) is 0 Å². The van der Waals surface area contributed by atoms with E-state index in [4.69, 9.17) is 9.73 Å². The molecule has 7 heteroatoms. The van der Waals surface area contributed by atoms with Gasteiger partial charge in [-0.05, 0) is 55.3 Å². The Bertz CT molecular complexity index is 1270. The van der Waals surface area contributed by atoms with Crippen LogP contribution in [0.4, 0.5) is 5.69 Å². The highest BCUT2D eigenvalue weighted by molar-refractivity contribution is 7.89. The van der Waals surface area contributed by atoms with Gasteiger partial charge in [0, 0.05) is 26.2 Å². The predicted molar refractivity (Wildman–Crippen MR) is 125 cm³/mol. The summed E-state index contributed by atoms with van der Waals surface area (Å²) < 4.78 is 34.1. The first-order chi connectivity index (χ1) is 15.5. The summed E-state index contributed by atoms with van der Waals surface area (Å²) in [5.74, 6) is 2.31. The molecule has 2 aliphatic rings. The first kappa shape index (κ1) is 20.7. The van der Waals surface area contributed by atoms with Crippen LogP contribution in [-0.4, -0.2) is 49.6 Å². The van der Waals surface area contributed by atoms with Crippen LogP contribution < -0.4 is 4.74 Å². The molecule has 0 radical (unpaired) electrons. The lowest BCUT2D eigenvalue weighted by Gasteiger charge is -2.25. The summed E-state index contributed by atoms with van der Waals surface area (Å²) in [5, 5.41) is 0. The summed E-state index contributed by atoms with van der Waals surface area (Å²) in [6, 6.07) is 22.5. The second-order valence-electron chi connectivity index (χ2n) is 8.06. The van der Waals surface area contributed by atoms with Crippen LogP contribution in [-0.2, 0) is 10.0 Å². The number of sulfonamides is 1. The van der Waals surface area contributed by atoms with Crippen LogP contribution in [0.3, 0.4) is 0 Å². The highest BCUT2D eigenvalue weighted by Gasteiger charge is 2.29. The molecule has 2 aliphatic heterocycles. The molecule has 3 aromatic rings. The number of hydrogen-bond donors (Lipinski definition) is 0. The number of benzene rings is 3. The van der Waals surface area contributed by atoms with Crippen molar-refractivity contribution in [1.29, 1.82) is 0 Å². The fraction of sp³-hybridized carbons (Fsp3) is 0.240. The second-order valence-corrected chi connectivity index (χ2v) is 10.0. The summed E-state index contributed by atoms with van der Waals surface area (Å²) in [7, 11) is -3.52. The Hall–Kier alpha value is -3.16. The normalized spacial score (nSPS) is 16.8. The Morgan fingerprint density at radius 2 is 1.62 bits per heavy atom. The summed E-state index contributed by atoms with van der Waals surface area (Å²) in [6.45, 7) is 4.19. The Kier molecular flexibility index (Phi) is 5.45. The van der Waals surface area contributed by atoms with Crippen molar-refractivity contribution in [1.82, 2.24) is 9.21 Å². The third kappa shape index (κ3) is 3.89. The van der Waals surface area contributed by atoms with Crippen LogP contribution in [0.15, 0.2) is 82.7 Å². The lowest BCUT2D eigenvalue weighted by molar-refractivity contribution is 0.407. The number of rotatable bonds is 2. The smallest absolute Gasteiger partial charge is 0.243 e. The van der Waals surface area contributed by atoms with Gasteiger partial charge < -0.3 is 9.64 Å². The van der Waals surface area contributed by atoms with Gasteiger partial charge in [0.05, 0.1) is 10.5 Å². The van der Waals surface area contributed by atoms with Crippen molar-refractivity contribution in [2.24, 2.45) is 4.99 Å². The molecule has 0 spiro atoms. The lowest BCUT2D eigenvalue weighted by Crippen LogP contribution is -2.37. The molecule has 0 saturated carbocycles. The molecule has 2 heterocycles. The zero-order valence-electron chi connectivity index (χ0n) is 17.9. The summed E-state index contributed by atoms with van der Waals surface area (Å²) in [5.41, 5.74) is 2.80. The van der Waals surface area contributed by atoms with Gasteiger partial charge in [-0.1, -0.05) is 36.4 Å². The highest BCUT2D eigenvalue weighted by Crippen LogP contribution is 2.38. The summed E-state index contributed by atoms with van der Waals surface area (Å²) >= 11 is 0. The number of nitrogens with zero attached hydrogens (tertiary/aromatic N) is 3. The number of aryl methyl sites for hydroxylation is 1. The third-order valence-electron chi connectivity index (χ3n) is 5.82. The fourth-order valence-electron chi connectivity index (χ4n) is 4.16. The molecule has 0 atom stereocenters. The number of ether oxygens (including phenoxy) is 1. The molecular formula is C25H25N3O3S. The minimum Gasteiger partial charge on any atom is -0.454 e. The molecule has 5 rings (SSSR count). The van der Waals surface area contributed by atoms with Crippen LogP contribution in [0, 0.1) is 6.92 Å². The Balaban J connectivity index is 1.47. The molecule has 164 valence electrons. The molecule has 6 nitrogen and oxygen atoms in total. The van der Waals surface area contributed by atoms with Gasteiger partial charge in [0.25, 0.3) is 0 Å². The molecule has 0 aliphatic carbocycles. The minimum atomic E-state index is -3.52. The van der Waals surface area contributed by atoms with Gasteiger partial charge in [-0.15, -0.1) is 0 Å². The van der Waals surface area contributed by atoms with Crippen LogP contribution in [0.5, 0.6) is 11.5 Å². The van der Waals surface area contributed by atoms with Crippen LogP contribution in [0.25, 0.3) is 0 Å². The largest absolute Gasteiger partial charge is 0.454 e. The maximum absolute atomic E-state index is 13.1. The van der Waals surface area contributed by atoms with E-state index in [0.29, 0.717) is 24.5 Å². The molecule has 0 bridgehead atoms. The topological polar surface area (TPSA) is 62.2 Å². The number of amidine groups is 1. The monoisotopic (exact) mass is 447 g/mol. The number of fused-ring (bicyclic) bond motifs is 2. The lowest BCUT2D eigenvalue weighted by atomic mass is 10.1. The Morgan fingerprint density at radius 3 is 2.47 bits per heavy atom. The van der Waals surface area contributed by atoms with Gasteiger partial charge in [0.2, 0.25) is 10.0 Å².